The average Bonchev–Trinajstić information content (AvgIpc) is 2.70. The van der Waals surface area contributed by atoms with Gasteiger partial charge in [-0.05, 0) is 32.9 Å². The van der Waals surface area contributed by atoms with Crippen LogP contribution in [0.5, 0.6) is 0 Å². The molecule has 1 saturated heterocycles. The highest BCUT2D eigenvalue weighted by Crippen LogP contribution is 2.10. The highest BCUT2D eigenvalue weighted by Gasteiger charge is 2.18. The van der Waals surface area contributed by atoms with Gasteiger partial charge in [-0.2, -0.15) is 0 Å². The van der Waals surface area contributed by atoms with Crippen molar-refractivity contribution in [1.82, 2.24) is 10.2 Å². The number of hydrogen-bond donors (Lipinski definition) is 2. The summed E-state index contributed by atoms with van der Waals surface area (Å²) in [6, 6.07) is 0.522. The van der Waals surface area contributed by atoms with E-state index in [1.54, 1.807) is 6.92 Å². The third-order valence-electron chi connectivity index (χ3n) is 3.08. The molecule has 0 amide bonds. The Kier molecular flexibility index (Phi) is 5.05. The van der Waals surface area contributed by atoms with E-state index in [-0.39, 0.29) is 5.92 Å². The van der Waals surface area contributed by atoms with Crippen LogP contribution in [0.1, 0.15) is 26.7 Å². The number of nitrogens with zero attached hydrogens (tertiary/aromatic N) is 1. The first-order valence-electron chi connectivity index (χ1n) is 5.79. The van der Waals surface area contributed by atoms with E-state index in [2.05, 4.69) is 17.1 Å². The number of nitrogens with one attached hydrogen (secondary N) is 1. The summed E-state index contributed by atoms with van der Waals surface area (Å²) >= 11 is 0. The second-order valence-electron chi connectivity index (χ2n) is 4.49. The fourth-order valence-corrected chi connectivity index (χ4v) is 1.91. The molecular weight excluding hydrogens is 192 g/mol. The smallest absolute Gasteiger partial charge is 0.307 e. The van der Waals surface area contributed by atoms with E-state index >= 15 is 0 Å². The van der Waals surface area contributed by atoms with Crippen LogP contribution in [0.25, 0.3) is 0 Å². The van der Waals surface area contributed by atoms with Crippen LogP contribution < -0.4 is 5.32 Å². The summed E-state index contributed by atoms with van der Waals surface area (Å²) in [5.74, 6) is -1.02. The predicted molar refractivity (Wildman–Crippen MR) is 59.9 cm³/mol. The van der Waals surface area contributed by atoms with E-state index in [0.29, 0.717) is 12.6 Å². The van der Waals surface area contributed by atoms with Gasteiger partial charge in [0.15, 0.2) is 0 Å². The van der Waals surface area contributed by atoms with Crippen molar-refractivity contribution < 1.29 is 9.90 Å². The molecule has 1 rings (SSSR count). The van der Waals surface area contributed by atoms with Crippen LogP contribution in [-0.4, -0.2) is 48.2 Å². The van der Waals surface area contributed by atoms with Gasteiger partial charge in [-0.3, -0.25) is 9.69 Å². The largest absolute Gasteiger partial charge is 0.481 e. The first-order chi connectivity index (χ1) is 7.11. The highest BCUT2D eigenvalue weighted by molar-refractivity contribution is 5.69. The molecule has 1 fully saturated rings. The summed E-state index contributed by atoms with van der Waals surface area (Å²) in [5, 5.41) is 11.9. The molecule has 0 aromatic heterocycles. The molecular formula is C11H22N2O2. The van der Waals surface area contributed by atoms with Crippen LogP contribution in [0.3, 0.4) is 0 Å². The number of carboxylic acids is 1. The lowest BCUT2D eigenvalue weighted by Gasteiger charge is -2.24. The fourth-order valence-electron chi connectivity index (χ4n) is 1.91. The van der Waals surface area contributed by atoms with Gasteiger partial charge < -0.3 is 10.4 Å². The van der Waals surface area contributed by atoms with Crippen molar-refractivity contribution in [2.45, 2.75) is 32.7 Å². The van der Waals surface area contributed by atoms with Crippen LogP contribution in [-0.2, 0) is 4.79 Å². The minimum absolute atomic E-state index is 0.296. The van der Waals surface area contributed by atoms with Crippen LogP contribution in [0.15, 0.2) is 0 Å². The number of carbonyl (C=O) groups is 1. The van der Waals surface area contributed by atoms with Gasteiger partial charge >= 0.3 is 5.97 Å². The first-order valence-corrected chi connectivity index (χ1v) is 5.79. The minimum Gasteiger partial charge on any atom is -0.481 e. The Hall–Kier alpha value is -0.610. The van der Waals surface area contributed by atoms with Crippen molar-refractivity contribution in [1.29, 1.82) is 0 Å². The molecule has 0 aliphatic carbocycles. The van der Waals surface area contributed by atoms with E-state index in [4.69, 9.17) is 5.11 Å². The summed E-state index contributed by atoms with van der Waals surface area (Å²) < 4.78 is 0. The zero-order valence-electron chi connectivity index (χ0n) is 9.70. The Morgan fingerprint density at radius 3 is 2.47 bits per heavy atom. The molecule has 1 heterocycles. The van der Waals surface area contributed by atoms with Crippen LogP contribution in [0.2, 0.25) is 0 Å². The molecule has 2 N–H and O–H groups in total. The third-order valence-corrected chi connectivity index (χ3v) is 3.08. The van der Waals surface area contributed by atoms with Crippen LogP contribution >= 0.6 is 0 Å². The number of likely N-dealkylation sites (tertiary alicyclic amines) is 1. The number of carboxylic acid groups (broad SMARTS) is 1. The highest BCUT2D eigenvalue weighted by atomic mass is 16.4. The summed E-state index contributed by atoms with van der Waals surface area (Å²) in [4.78, 5) is 13.0. The minimum atomic E-state index is -0.726. The molecule has 0 aromatic carbocycles. The van der Waals surface area contributed by atoms with Gasteiger partial charge in [-0.1, -0.05) is 6.92 Å². The Balaban J connectivity index is 2.11. The third kappa shape index (κ3) is 4.18. The first kappa shape index (κ1) is 12.5. The molecule has 0 bridgehead atoms. The van der Waals surface area contributed by atoms with Crippen molar-refractivity contribution in [2.24, 2.45) is 5.92 Å². The van der Waals surface area contributed by atoms with Gasteiger partial charge in [0.1, 0.15) is 0 Å². The number of hydrogen-bond acceptors (Lipinski definition) is 3. The van der Waals surface area contributed by atoms with Crippen LogP contribution in [0, 0.1) is 5.92 Å². The molecule has 1 aliphatic heterocycles. The number of rotatable bonds is 6. The summed E-state index contributed by atoms with van der Waals surface area (Å²) in [7, 11) is 0. The lowest BCUT2D eigenvalue weighted by molar-refractivity contribution is -0.140. The Labute approximate surface area is 91.6 Å². The molecule has 4 heteroatoms. The van der Waals surface area contributed by atoms with E-state index in [1.807, 2.05) is 0 Å². The summed E-state index contributed by atoms with van der Waals surface area (Å²) in [6.07, 6.45) is 2.60. The normalized spacial score (nSPS) is 21.5. The van der Waals surface area contributed by atoms with E-state index in [0.717, 1.165) is 6.54 Å². The summed E-state index contributed by atoms with van der Waals surface area (Å²) in [5.41, 5.74) is 0. The molecule has 15 heavy (non-hydrogen) atoms. The zero-order valence-corrected chi connectivity index (χ0v) is 9.70. The van der Waals surface area contributed by atoms with E-state index < -0.39 is 5.97 Å². The molecule has 88 valence electrons. The molecule has 1 aliphatic rings. The standard InChI is InChI=1S/C11H22N2O2/c1-9(11(14)15)7-12-8-10(2)13-5-3-4-6-13/h9-10,12H,3-8H2,1-2H3,(H,14,15). The summed E-state index contributed by atoms with van der Waals surface area (Å²) in [6.45, 7) is 7.76. The van der Waals surface area contributed by atoms with Gasteiger partial charge in [-0.25, -0.2) is 0 Å². The lowest BCUT2D eigenvalue weighted by atomic mass is 10.2. The van der Waals surface area contributed by atoms with Gasteiger partial charge in [0, 0.05) is 19.1 Å². The Morgan fingerprint density at radius 1 is 1.33 bits per heavy atom. The van der Waals surface area contributed by atoms with Crippen molar-refractivity contribution in [3.63, 3.8) is 0 Å². The number of aliphatic carboxylic acids is 1. The van der Waals surface area contributed by atoms with Crippen molar-refractivity contribution in [3.05, 3.63) is 0 Å². The van der Waals surface area contributed by atoms with Gasteiger partial charge in [-0.15, -0.1) is 0 Å². The van der Waals surface area contributed by atoms with Crippen molar-refractivity contribution >= 4 is 5.97 Å². The quantitative estimate of drug-likeness (QED) is 0.686. The maximum absolute atomic E-state index is 10.6. The van der Waals surface area contributed by atoms with Crippen LogP contribution in [0.4, 0.5) is 0 Å². The second kappa shape index (κ2) is 6.08. The van der Waals surface area contributed by atoms with Crippen molar-refractivity contribution in [3.8, 4) is 0 Å². The Bertz CT molecular complexity index is 203. The lowest BCUT2D eigenvalue weighted by Crippen LogP contribution is -2.40. The molecule has 0 saturated carbocycles. The SMILES string of the molecule is CC(CNCC(C)N1CCCC1)C(=O)O. The average molecular weight is 214 g/mol. The van der Waals surface area contributed by atoms with Crippen molar-refractivity contribution in [2.75, 3.05) is 26.2 Å². The van der Waals surface area contributed by atoms with Gasteiger partial charge in [0.2, 0.25) is 0 Å². The second-order valence-corrected chi connectivity index (χ2v) is 4.49. The van der Waals surface area contributed by atoms with Gasteiger partial charge in [0.05, 0.1) is 5.92 Å². The molecule has 0 aromatic rings. The molecule has 2 atom stereocenters. The monoisotopic (exact) mass is 214 g/mol. The van der Waals surface area contributed by atoms with E-state index in [1.165, 1.54) is 25.9 Å². The van der Waals surface area contributed by atoms with Gasteiger partial charge in [0.25, 0.3) is 0 Å². The zero-order chi connectivity index (χ0) is 11.3. The topological polar surface area (TPSA) is 52.6 Å². The predicted octanol–water partition coefficient (Wildman–Crippen LogP) is 0.781. The molecule has 0 spiro atoms. The maximum Gasteiger partial charge on any atom is 0.307 e. The molecule has 2 unspecified atom stereocenters. The van der Waals surface area contributed by atoms with E-state index in [9.17, 15) is 4.79 Å². The fraction of sp³-hybridized carbons (Fsp3) is 0.909. The maximum atomic E-state index is 10.6. The molecule has 0 radical (unpaired) electrons. The Morgan fingerprint density at radius 2 is 1.93 bits per heavy atom. The molecule has 4 nitrogen and oxygen atoms in total.